The minimum Gasteiger partial charge on any atom is -0.318 e. The highest BCUT2D eigenvalue weighted by atomic mass is 32.2. The van der Waals surface area contributed by atoms with Gasteiger partial charge in [-0.1, -0.05) is 24.8 Å². The number of thiophene rings is 1. The summed E-state index contributed by atoms with van der Waals surface area (Å²) >= 11 is 2.91. The van der Waals surface area contributed by atoms with Crippen LogP contribution in [0.25, 0.3) is 15.9 Å². The zero-order chi connectivity index (χ0) is 25.6. The van der Waals surface area contributed by atoms with Gasteiger partial charge in [0.15, 0.2) is 10.9 Å². The number of thioether (sulfide) groups is 1. The third-order valence-electron chi connectivity index (χ3n) is 6.84. The summed E-state index contributed by atoms with van der Waals surface area (Å²) in [6, 6.07) is 8.09. The van der Waals surface area contributed by atoms with Gasteiger partial charge >= 0.3 is 0 Å². The average molecular weight is 522 g/mol. The Morgan fingerprint density at radius 3 is 2.78 bits per heavy atom. The first kappa shape index (κ1) is 24.7. The molecule has 1 aliphatic carbocycles. The number of nitrogens with zero attached hydrogens (tertiary/aromatic N) is 3. The number of carbonyl (C=O) groups is 1. The Morgan fingerprint density at radius 2 is 2.06 bits per heavy atom. The van der Waals surface area contributed by atoms with Crippen molar-refractivity contribution in [1.82, 2.24) is 14.1 Å². The molecule has 8 heteroatoms. The number of allylic oxidation sites excluding steroid dienone is 1. The maximum atomic E-state index is 13.5. The largest absolute Gasteiger partial charge is 0.318 e. The average Bonchev–Trinajstić information content (AvgIpc) is 3.36. The number of halogens is 1. The van der Waals surface area contributed by atoms with Crippen LogP contribution in [0.1, 0.15) is 45.5 Å². The highest BCUT2D eigenvalue weighted by Gasteiger charge is 2.25. The van der Waals surface area contributed by atoms with Crippen molar-refractivity contribution in [1.29, 1.82) is 0 Å². The zero-order valence-electron chi connectivity index (χ0n) is 20.6. The summed E-state index contributed by atoms with van der Waals surface area (Å²) in [4.78, 5) is 33.7. The Kier molecular flexibility index (Phi) is 6.74. The van der Waals surface area contributed by atoms with E-state index in [2.05, 4.69) is 13.5 Å². The lowest BCUT2D eigenvalue weighted by atomic mass is 9.89. The molecule has 5 rings (SSSR count). The van der Waals surface area contributed by atoms with E-state index in [1.165, 1.54) is 28.8 Å². The van der Waals surface area contributed by atoms with Gasteiger partial charge < -0.3 is 4.57 Å². The van der Waals surface area contributed by atoms with E-state index in [1.807, 2.05) is 24.5 Å². The monoisotopic (exact) mass is 521 g/mol. The number of hydrogen-bond donors (Lipinski definition) is 0. The minimum absolute atomic E-state index is 0.0414. The molecule has 0 amide bonds. The first-order chi connectivity index (χ1) is 17.3. The van der Waals surface area contributed by atoms with Gasteiger partial charge in [-0.15, -0.1) is 17.9 Å². The van der Waals surface area contributed by atoms with Gasteiger partial charge in [-0.05, 0) is 74.9 Å². The highest BCUT2D eigenvalue weighted by molar-refractivity contribution is 7.99. The fourth-order valence-electron chi connectivity index (χ4n) is 5.05. The highest BCUT2D eigenvalue weighted by Crippen LogP contribution is 2.36. The third kappa shape index (κ3) is 4.37. The van der Waals surface area contributed by atoms with Crippen LogP contribution in [-0.4, -0.2) is 25.7 Å². The second-order valence-electron chi connectivity index (χ2n) is 9.44. The fraction of sp³-hybridized carbons (Fsp3) is 0.321. The van der Waals surface area contributed by atoms with E-state index in [4.69, 9.17) is 4.98 Å². The number of Topliss-reactive ketones (excluding diaryl/α,β-unsaturated/α-hetero) is 1. The maximum absolute atomic E-state index is 13.5. The van der Waals surface area contributed by atoms with E-state index in [1.54, 1.807) is 34.1 Å². The second-order valence-corrected chi connectivity index (χ2v) is 11.5. The SMILES string of the molecule is C=CCn1c(SCC(=O)c2cc(C)n(-c3ccc(F)cc3)c2C)nc2sc3c(c2c1=O)CCC(C)C3. The molecule has 0 aliphatic heterocycles. The molecule has 186 valence electrons. The van der Waals surface area contributed by atoms with Crippen LogP contribution in [0.2, 0.25) is 0 Å². The van der Waals surface area contributed by atoms with Crippen LogP contribution >= 0.6 is 23.1 Å². The molecule has 1 aromatic carbocycles. The number of rotatable bonds is 7. The molecule has 0 fully saturated rings. The molecule has 1 unspecified atom stereocenters. The Morgan fingerprint density at radius 1 is 1.31 bits per heavy atom. The van der Waals surface area contributed by atoms with Gasteiger partial charge in [0.2, 0.25) is 0 Å². The van der Waals surface area contributed by atoms with Crippen molar-refractivity contribution < 1.29 is 9.18 Å². The van der Waals surface area contributed by atoms with Gasteiger partial charge in [0, 0.05) is 34.1 Å². The number of fused-ring (bicyclic) bond motifs is 3. The molecule has 5 nitrogen and oxygen atoms in total. The standard InChI is InChI=1S/C28H28FN3O2S2/c1-5-12-31-27(34)25-21-11-6-16(2)13-24(21)36-26(25)30-28(31)35-15-23(33)22-14-17(3)32(18(22)4)20-9-7-19(29)8-10-20/h5,7-10,14,16H,1,6,11-13,15H2,2-4H3. The predicted molar refractivity (Wildman–Crippen MR) is 146 cm³/mol. The Bertz CT molecular complexity index is 1550. The number of benzene rings is 1. The molecular weight excluding hydrogens is 493 g/mol. The molecule has 0 bridgehead atoms. The summed E-state index contributed by atoms with van der Waals surface area (Å²) in [5.74, 6) is 0.428. The van der Waals surface area contributed by atoms with Gasteiger partial charge in [-0.3, -0.25) is 14.2 Å². The molecule has 1 aliphatic rings. The lowest BCUT2D eigenvalue weighted by Gasteiger charge is -2.17. The van der Waals surface area contributed by atoms with Crippen LogP contribution in [0.15, 0.2) is 52.9 Å². The molecule has 0 saturated heterocycles. The number of carbonyl (C=O) groups excluding carboxylic acids is 1. The van der Waals surface area contributed by atoms with Crippen LogP contribution in [-0.2, 0) is 19.4 Å². The van der Waals surface area contributed by atoms with Crippen molar-refractivity contribution in [2.75, 3.05) is 5.75 Å². The normalized spacial score (nSPS) is 15.3. The molecular formula is C28H28FN3O2S2. The molecule has 3 aromatic heterocycles. The first-order valence-electron chi connectivity index (χ1n) is 12.0. The lowest BCUT2D eigenvalue weighted by Crippen LogP contribution is -2.24. The van der Waals surface area contributed by atoms with Crippen molar-refractivity contribution >= 4 is 39.1 Å². The van der Waals surface area contributed by atoms with Crippen molar-refractivity contribution in [3.05, 3.63) is 86.5 Å². The molecule has 1 atom stereocenters. The molecule has 4 aromatic rings. The van der Waals surface area contributed by atoms with Gasteiger partial charge in [-0.25, -0.2) is 9.37 Å². The minimum atomic E-state index is -0.301. The maximum Gasteiger partial charge on any atom is 0.263 e. The van der Waals surface area contributed by atoms with Gasteiger partial charge in [0.05, 0.1) is 11.1 Å². The summed E-state index contributed by atoms with van der Waals surface area (Å²) in [5.41, 5.74) is 4.23. The van der Waals surface area contributed by atoms with Crippen LogP contribution in [0.4, 0.5) is 4.39 Å². The van der Waals surface area contributed by atoms with E-state index in [0.29, 0.717) is 23.2 Å². The van der Waals surface area contributed by atoms with E-state index in [-0.39, 0.29) is 22.9 Å². The molecule has 0 radical (unpaired) electrons. The molecule has 3 heterocycles. The Labute approximate surface area is 217 Å². The van der Waals surface area contributed by atoms with Crippen molar-refractivity contribution in [2.24, 2.45) is 5.92 Å². The quantitative estimate of drug-likeness (QED) is 0.124. The van der Waals surface area contributed by atoms with Crippen molar-refractivity contribution in [2.45, 2.75) is 51.7 Å². The Balaban J connectivity index is 1.45. The van der Waals surface area contributed by atoms with Gasteiger partial charge in [0.25, 0.3) is 5.56 Å². The van der Waals surface area contributed by atoms with E-state index in [9.17, 15) is 14.0 Å². The second kappa shape index (κ2) is 9.82. The van der Waals surface area contributed by atoms with Crippen LogP contribution in [0.3, 0.4) is 0 Å². The molecule has 36 heavy (non-hydrogen) atoms. The van der Waals surface area contributed by atoms with Crippen molar-refractivity contribution in [3.63, 3.8) is 0 Å². The topological polar surface area (TPSA) is 56.9 Å². The van der Waals surface area contributed by atoms with Gasteiger partial charge in [0.1, 0.15) is 10.6 Å². The smallest absolute Gasteiger partial charge is 0.263 e. The number of aromatic nitrogens is 3. The summed E-state index contributed by atoms with van der Waals surface area (Å²) in [7, 11) is 0. The summed E-state index contributed by atoms with van der Waals surface area (Å²) < 4.78 is 17.0. The van der Waals surface area contributed by atoms with Crippen molar-refractivity contribution in [3.8, 4) is 5.69 Å². The molecule has 0 N–H and O–H groups in total. The molecule has 0 spiro atoms. The van der Waals surface area contributed by atoms with E-state index < -0.39 is 0 Å². The van der Waals surface area contributed by atoms with E-state index >= 15 is 0 Å². The van der Waals surface area contributed by atoms with Crippen LogP contribution in [0.5, 0.6) is 0 Å². The number of ketones is 1. The van der Waals surface area contributed by atoms with Crippen LogP contribution in [0, 0.1) is 25.6 Å². The summed E-state index contributed by atoms with van der Waals surface area (Å²) in [6.45, 7) is 10.2. The Hall–Kier alpha value is -2.97. The lowest BCUT2D eigenvalue weighted by molar-refractivity contribution is 0.102. The predicted octanol–water partition coefficient (Wildman–Crippen LogP) is 6.29. The number of aryl methyl sites for hydroxylation is 2. The third-order valence-corrected chi connectivity index (χ3v) is 8.97. The summed E-state index contributed by atoms with van der Waals surface area (Å²) in [6.07, 6.45) is 4.68. The zero-order valence-corrected chi connectivity index (χ0v) is 22.3. The summed E-state index contributed by atoms with van der Waals surface area (Å²) in [5, 5.41) is 1.28. The molecule has 0 saturated carbocycles. The first-order valence-corrected chi connectivity index (χ1v) is 13.9. The van der Waals surface area contributed by atoms with E-state index in [0.717, 1.165) is 52.1 Å². The van der Waals surface area contributed by atoms with Gasteiger partial charge in [-0.2, -0.15) is 0 Å². The fourth-order valence-corrected chi connectivity index (χ4v) is 7.36. The van der Waals surface area contributed by atoms with Crippen LogP contribution < -0.4 is 5.56 Å². The number of hydrogen-bond acceptors (Lipinski definition) is 5.